The molecule has 2 aromatic rings. The number of carbonyl (C=O) groups excluding carboxylic acids is 1. The van der Waals surface area contributed by atoms with E-state index in [1.54, 1.807) is 43.5 Å². The lowest BCUT2D eigenvalue weighted by Crippen LogP contribution is -2.36. The van der Waals surface area contributed by atoms with Crippen molar-refractivity contribution in [1.29, 1.82) is 0 Å². The van der Waals surface area contributed by atoms with Gasteiger partial charge in [0.05, 0.1) is 5.75 Å². The summed E-state index contributed by atoms with van der Waals surface area (Å²) in [4.78, 5) is 13.0. The van der Waals surface area contributed by atoms with Crippen LogP contribution >= 0.6 is 11.3 Å². The molecule has 2 heterocycles. The van der Waals surface area contributed by atoms with Crippen molar-refractivity contribution >= 4 is 37.3 Å². The Morgan fingerprint density at radius 2 is 1.69 bits per heavy atom. The van der Waals surface area contributed by atoms with Gasteiger partial charge in [-0.1, -0.05) is 30.7 Å². The third-order valence-electron chi connectivity index (χ3n) is 5.09. The highest BCUT2D eigenvalue weighted by Crippen LogP contribution is 2.27. The zero-order chi connectivity index (χ0) is 23.4. The van der Waals surface area contributed by atoms with E-state index in [1.807, 2.05) is 0 Å². The molecule has 0 atom stereocenters. The van der Waals surface area contributed by atoms with Crippen LogP contribution in [0.3, 0.4) is 0 Å². The predicted molar refractivity (Wildman–Crippen MR) is 125 cm³/mol. The van der Waals surface area contributed by atoms with Gasteiger partial charge in [-0.25, -0.2) is 21.6 Å². The number of hydrogen-bond acceptors (Lipinski definition) is 6. The van der Waals surface area contributed by atoms with Crippen LogP contribution in [0.2, 0.25) is 0 Å². The number of nitrogens with zero attached hydrogens (tertiary/aromatic N) is 1. The van der Waals surface area contributed by atoms with Crippen molar-refractivity contribution in [3.8, 4) is 0 Å². The summed E-state index contributed by atoms with van der Waals surface area (Å²) in [5.74, 6) is -0.696. The molecule has 0 unspecified atom stereocenters. The van der Waals surface area contributed by atoms with E-state index in [9.17, 15) is 21.6 Å². The molecule has 0 saturated carbocycles. The molecule has 8 nitrogen and oxygen atoms in total. The molecule has 0 spiro atoms. The Hall–Kier alpha value is -1.79. The van der Waals surface area contributed by atoms with Gasteiger partial charge >= 0.3 is 0 Å². The fraction of sp³-hybridized carbons (Fsp3) is 0.476. The maximum atomic E-state index is 13.0. The van der Waals surface area contributed by atoms with Crippen molar-refractivity contribution in [1.82, 2.24) is 14.3 Å². The number of piperidine rings is 1. The van der Waals surface area contributed by atoms with Gasteiger partial charge in [-0.3, -0.25) is 4.79 Å². The second-order valence-corrected chi connectivity index (χ2v) is 12.6. The van der Waals surface area contributed by atoms with Gasteiger partial charge in [0.2, 0.25) is 20.0 Å². The second kappa shape index (κ2) is 10.4. The molecule has 11 heteroatoms. The van der Waals surface area contributed by atoms with Crippen LogP contribution in [0.1, 0.15) is 53.9 Å². The molecule has 1 amide bonds. The average Bonchev–Trinajstić information content (AvgIpc) is 3.23. The van der Waals surface area contributed by atoms with Crippen molar-refractivity contribution in [2.75, 3.05) is 13.1 Å². The fourth-order valence-electron chi connectivity index (χ4n) is 3.64. The van der Waals surface area contributed by atoms with Crippen molar-refractivity contribution < 1.29 is 21.6 Å². The van der Waals surface area contributed by atoms with E-state index < -0.39 is 26.0 Å². The van der Waals surface area contributed by atoms with Gasteiger partial charge in [-0.2, -0.15) is 4.31 Å². The maximum absolute atomic E-state index is 13.0. The second-order valence-electron chi connectivity index (χ2n) is 8.06. The quantitative estimate of drug-likeness (QED) is 0.551. The van der Waals surface area contributed by atoms with E-state index in [4.69, 9.17) is 0 Å². The van der Waals surface area contributed by atoms with Gasteiger partial charge in [0.1, 0.15) is 9.77 Å². The summed E-state index contributed by atoms with van der Waals surface area (Å²) in [6, 6.07) is 8.23. The number of sulfonamides is 2. The number of rotatable bonds is 9. The number of hydrogen-bond donors (Lipinski definition) is 2. The first kappa shape index (κ1) is 24.8. The molecule has 1 aromatic carbocycles. The Kier molecular flexibility index (Phi) is 8.10. The first-order valence-electron chi connectivity index (χ1n) is 10.5. The zero-order valence-electron chi connectivity index (χ0n) is 18.2. The molecule has 0 bridgehead atoms. The van der Waals surface area contributed by atoms with Crippen LogP contribution < -0.4 is 10.0 Å². The first-order valence-corrected chi connectivity index (χ1v) is 14.5. The standard InChI is InChI=1S/C21H29N3O5S3/c1-16(2)23-31(26,27)15-18-9-5-4-8-17(18)14-22-21(25)20-19(10-13-30-20)32(28,29)24-11-6-3-7-12-24/h4-5,8-10,13,16,23H,3,6-7,11-12,14-15H2,1-2H3,(H,22,25). The minimum atomic E-state index is -3.73. The molecule has 2 N–H and O–H groups in total. The molecule has 32 heavy (non-hydrogen) atoms. The van der Waals surface area contributed by atoms with Gasteiger partial charge < -0.3 is 5.32 Å². The Morgan fingerprint density at radius 3 is 2.34 bits per heavy atom. The summed E-state index contributed by atoms with van der Waals surface area (Å²) in [6.07, 6.45) is 2.64. The monoisotopic (exact) mass is 499 g/mol. The number of thiophene rings is 1. The van der Waals surface area contributed by atoms with Crippen molar-refractivity contribution in [2.24, 2.45) is 0 Å². The summed E-state index contributed by atoms with van der Waals surface area (Å²) in [5, 5.41) is 4.36. The lowest BCUT2D eigenvalue weighted by Gasteiger charge is -2.25. The molecule has 0 radical (unpaired) electrons. The van der Waals surface area contributed by atoms with Gasteiger partial charge in [0.15, 0.2) is 0 Å². The van der Waals surface area contributed by atoms with Crippen LogP contribution in [-0.4, -0.2) is 46.2 Å². The molecule has 1 saturated heterocycles. The fourth-order valence-corrected chi connectivity index (χ4v) is 7.97. The number of carbonyl (C=O) groups is 1. The van der Waals surface area contributed by atoms with Crippen LogP contribution in [0, 0.1) is 0 Å². The van der Waals surface area contributed by atoms with Crippen LogP contribution in [0.4, 0.5) is 0 Å². The molecular weight excluding hydrogens is 470 g/mol. The van der Waals surface area contributed by atoms with Gasteiger partial charge in [-0.05, 0) is 49.3 Å². The lowest BCUT2D eigenvalue weighted by atomic mass is 10.1. The number of benzene rings is 1. The molecule has 1 aromatic heterocycles. The van der Waals surface area contributed by atoms with E-state index >= 15 is 0 Å². The van der Waals surface area contributed by atoms with E-state index in [-0.39, 0.29) is 28.1 Å². The van der Waals surface area contributed by atoms with E-state index in [2.05, 4.69) is 10.0 Å². The largest absolute Gasteiger partial charge is 0.347 e. The van der Waals surface area contributed by atoms with Gasteiger partial charge in [0.25, 0.3) is 5.91 Å². The maximum Gasteiger partial charge on any atom is 0.263 e. The highest BCUT2D eigenvalue weighted by molar-refractivity contribution is 7.89. The molecule has 0 aliphatic carbocycles. The molecule has 176 valence electrons. The Morgan fingerprint density at radius 1 is 1.03 bits per heavy atom. The summed E-state index contributed by atoms with van der Waals surface area (Å²) in [6.45, 7) is 4.52. The topological polar surface area (TPSA) is 113 Å². The third-order valence-corrected chi connectivity index (χ3v) is 9.59. The highest BCUT2D eigenvalue weighted by atomic mass is 32.2. The lowest BCUT2D eigenvalue weighted by molar-refractivity contribution is 0.0951. The SMILES string of the molecule is CC(C)NS(=O)(=O)Cc1ccccc1CNC(=O)c1sccc1S(=O)(=O)N1CCCCC1. The Labute approximate surface area is 194 Å². The smallest absolute Gasteiger partial charge is 0.263 e. The van der Waals surface area contributed by atoms with Crippen LogP contribution in [0.25, 0.3) is 0 Å². The van der Waals surface area contributed by atoms with Crippen LogP contribution in [0.5, 0.6) is 0 Å². The molecule has 1 aliphatic rings. The summed E-state index contributed by atoms with van der Waals surface area (Å²) in [5.41, 5.74) is 1.24. The average molecular weight is 500 g/mol. The summed E-state index contributed by atoms with van der Waals surface area (Å²) >= 11 is 1.08. The van der Waals surface area contributed by atoms with Gasteiger partial charge in [0, 0.05) is 25.7 Å². The summed E-state index contributed by atoms with van der Waals surface area (Å²) in [7, 11) is -7.25. The normalized spacial score (nSPS) is 15.7. The van der Waals surface area contributed by atoms with Crippen LogP contribution in [-0.2, 0) is 32.3 Å². The third kappa shape index (κ3) is 6.16. The van der Waals surface area contributed by atoms with Gasteiger partial charge in [-0.15, -0.1) is 11.3 Å². The first-order chi connectivity index (χ1) is 15.1. The zero-order valence-corrected chi connectivity index (χ0v) is 20.7. The molecule has 3 rings (SSSR count). The van der Waals surface area contributed by atoms with Crippen molar-refractivity contribution in [3.05, 3.63) is 51.7 Å². The van der Waals surface area contributed by atoms with E-state index in [0.717, 1.165) is 30.6 Å². The van der Waals surface area contributed by atoms with Crippen molar-refractivity contribution in [3.63, 3.8) is 0 Å². The molecular formula is C21H29N3O5S3. The van der Waals surface area contributed by atoms with Crippen LogP contribution in [0.15, 0.2) is 40.6 Å². The van der Waals surface area contributed by atoms with Crippen molar-refractivity contribution in [2.45, 2.75) is 56.3 Å². The minimum Gasteiger partial charge on any atom is -0.347 e. The van der Waals surface area contributed by atoms with E-state index in [0.29, 0.717) is 24.2 Å². The number of nitrogens with one attached hydrogen (secondary N) is 2. The number of amides is 1. The minimum absolute atomic E-state index is 0.0268. The Balaban J connectivity index is 1.74. The highest BCUT2D eigenvalue weighted by Gasteiger charge is 2.31. The predicted octanol–water partition coefficient (Wildman–Crippen LogP) is 2.68. The Bertz CT molecular complexity index is 1150. The summed E-state index contributed by atoms with van der Waals surface area (Å²) < 4.78 is 54.7. The molecule has 1 aliphatic heterocycles. The molecule has 1 fully saturated rings. The van der Waals surface area contributed by atoms with E-state index in [1.165, 1.54) is 10.4 Å².